The molecule has 10 heteroatoms. The van der Waals surface area contributed by atoms with Gasteiger partial charge in [0, 0.05) is 12.2 Å². The molecule has 0 aromatic heterocycles. The number of fused-ring (bicyclic) bond motifs is 1. The summed E-state index contributed by atoms with van der Waals surface area (Å²) in [5, 5.41) is 31.3. The van der Waals surface area contributed by atoms with Gasteiger partial charge in [0.05, 0.1) is 37.1 Å². The lowest BCUT2D eigenvalue weighted by Crippen LogP contribution is -2.03. The highest BCUT2D eigenvalue weighted by molar-refractivity contribution is 6.14. The fourth-order valence-electron chi connectivity index (χ4n) is 1.34. The minimum Gasteiger partial charge on any atom is -0.394 e. The fourth-order valence-corrected chi connectivity index (χ4v) is 1.34. The summed E-state index contributed by atoms with van der Waals surface area (Å²) in [5.74, 6) is -2.26. The number of carbonyl (C=O) groups excluding carboxylic acids is 4. The molecular formula is C17H20O10. The maximum atomic E-state index is 10.8. The van der Waals surface area contributed by atoms with Crippen LogP contribution in [-0.4, -0.2) is 70.2 Å². The number of hydrogen-bond donors (Lipinski definition) is 4. The van der Waals surface area contributed by atoms with Crippen LogP contribution in [0.25, 0.3) is 0 Å². The van der Waals surface area contributed by atoms with Crippen molar-refractivity contribution >= 4 is 23.9 Å². The first-order valence-electron chi connectivity index (χ1n) is 7.56. The summed E-state index contributed by atoms with van der Waals surface area (Å²) in [5.41, 5.74) is 0.718. The number of hydrogen-bond acceptors (Lipinski definition) is 10. The molecule has 1 unspecified atom stereocenters. The fraction of sp³-hybridized carbons (Fsp3) is 0.294. The third-order valence-corrected chi connectivity index (χ3v) is 2.47. The quantitative estimate of drug-likeness (QED) is 0.365. The molecule has 0 saturated heterocycles. The summed E-state index contributed by atoms with van der Waals surface area (Å²) in [6.45, 7) is 1.14. The van der Waals surface area contributed by atoms with Gasteiger partial charge in [-0.2, -0.15) is 0 Å². The van der Waals surface area contributed by atoms with Gasteiger partial charge in [0.1, 0.15) is 0 Å². The van der Waals surface area contributed by atoms with Gasteiger partial charge < -0.3 is 29.9 Å². The van der Waals surface area contributed by atoms with Crippen LogP contribution in [0.2, 0.25) is 0 Å². The molecule has 0 fully saturated rings. The van der Waals surface area contributed by atoms with E-state index in [1.54, 1.807) is 24.3 Å². The normalized spacial score (nSPS) is 14.4. The molecule has 0 amide bonds. The standard InChI is InChI=1S/C8H4O3.C4H2O3.C3H8O2.C2H6O2/c9-7-5-3-1-2-4-6(5)8(10)11-7;5-3-1-2-4(6)7-3;1-3(5)2-4;3-1-2-4/h1-4H;1-2H;3-5H,2H2,1H3;3-4H,1-2H2. The van der Waals surface area contributed by atoms with Crippen molar-refractivity contribution < 1.29 is 49.1 Å². The lowest BCUT2D eigenvalue weighted by molar-refractivity contribution is -0.150. The summed E-state index contributed by atoms with van der Waals surface area (Å²) in [6, 6.07) is 6.53. The van der Waals surface area contributed by atoms with Crippen LogP contribution in [0.4, 0.5) is 0 Å². The SMILES string of the molecule is CC(O)CO.O=C1C=CC(=O)O1.O=C1OC(=O)c2ccccc21.OCCO. The number of rotatable bonds is 2. The van der Waals surface area contributed by atoms with Crippen molar-refractivity contribution in [1.29, 1.82) is 0 Å². The van der Waals surface area contributed by atoms with Gasteiger partial charge in [0.15, 0.2) is 0 Å². The Bertz CT molecular complexity index is 627. The van der Waals surface area contributed by atoms with Gasteiger partial charge in [-0.05, 0) is 19.1 Å². The number of ether oxygens (including phenoxy) is 2. The van der Waals surface area contributed by atoms with Crippen molar-refractivity contribution in [3.63, 3.8) is 0 Å². The van der Waals surface area contributed by atoms with Crippen LogP contribution < -0.4 is 0 Å². The monoisotopic (exact) mass is 384 g/mol. The third kappa shape index (κ3) is 9.97. The second-order valence-corrected chi connectivity index (χ2v) is 4.77. The maximum absolute atomic E-state index is 10.8. The molecule has 1 aromatic rings. The average molecular weight is 384 g/mol. The maximum Gasteiger partial charge on any atom is 0.346 e. The van der Waals surface area contributed by atoms with E-state index < -0.39 is 30.0 Å². The number of benzene rings is 1. The highest BCUT2D eigenvalue weighted by atomic mass is 16.6. The van der Waals surface area contributed by atoms with Gasteiger partial charge in [-0.3, -0.25) is 0 Å². The summed E-state index contributed by atoms with van der Waals surface area (Å²) in [4.78, 5) is 41.5. The molecule has 0 spiro atoms. The van der Waals surface area contributed by atoms with Gasteiger partial charge in [-0.1, -0.05) is 12.1 Å². The van der Waals surface area contributed by atoms with Gasteiger partial charge in [0.25, 0.3) is 0 Å². The van der Waals surface area contributed by atoms with Crippen molar-refractivity contribution in [2.45, 2.75) is 13.0 Å². The van der Waals surface area contributed by atoms with Crippen LogP contribution in [0.3, 0.4) is 0 Å². The molecule has 2 aliphatic heterocycles. The highest BCUT2D eigenvalue weighted by Gasteiger charge is 2.28. The number of carbonyl (C=O) groups is 4. The number of aliphatic hydroxyl groups is 4. The Hall–Kier alpha value is -2.92. The molecule has 0 aliphatic carbocycles. The molecule has 2 aliphatic rings. The minimum atomic E-state index is -0.579. The van der Waals surface area contributed by atoms with Gasteiger partial charge in [-0.15, -0.1) is 0 Å². The predicted molar refractivity (Wildman–Crippen MR) is 89.4 cm³/mol. The van der Waals surface area contributed by atoms with Crippen LogP contribution in [0.5, 0.6) is 0 Å². The van der Waals surface area contributed by atoms with Crippen LogP contribution in [-0.2, 0) is 19.1 Å². The zero-order valence-electron chi connectivity index (χ0n) is 14.4. The molecule has 1 aromatic carbocycles. The van der Waals surface area contributed by atoms with Crippen molar-refractivity contribution in [2.75, 3.05) is 19.8 Å². The summed E-state index contributed by atoms with van der Waals surface area (Å²) >= 11 is 0. The average Bonchev–Trinajstić information content (AvgIpc) is 3.18. The lowest BCUT2D eigenvalue weighted by Gasteiger charge is -1.90. The summed E-state index contributed by atoms with van der Waals surface area (Å²) < 4.78 is 8.33. The van der Waals surface area contributed by atoms with E-state index in [-0.39, 0.29) is 19.8 Å². The first kappa shape index (κ1) is 24.1. The Morgan fingerprint density at radius 1 is 0.815 bits per heavy atom. The smallest absolute Gasteiger partial charge is 0.346 e. The second kappa shape index (κ2) is 13.3. The first-order chi connectivity index (χ1) is 12.8. The second-order valence-electron chi connectivity index (χ2n) is 4.77. The van der Waals surface area contributed by atoms with E-state index in [1.807, 2.05) is 0 Å². The summed E-state index contributed by atoms with van der Waals surface area (Å²) in [7, 11) is 0. The molecule has 148 valence electrons. The largest absolute Gasteiger partial charge is 0.394 e. The minimum absolute atomic E-state index is 0.125. The van der Waals surface area contributed by atoms with E-state index in [1.165, 1.54) is 6.92 Å². The van der Waals surface area contributed by atoms with E-state index in [4.69, 9.17) is 20.4 Å². The van der Waals surface area contributed by atoms with Crippen LogP contribution >= 0.6 is 0 Å². The van der Waals surface area contributed by atoms with E-state index in [2.05, 4.69) is 9.47 Å². The van der Waals surface area contributed by atoms with E-state index >= 15 is 0 Å². The van der Waals surface area contributed by atoms with Crippen LogP contribution in [0, 0.1) is 0 Å². The van der Waals surface area contributed by atoms with Crippen molar-refractivity contribution in [1.82, 2.24) is 0 Å². The molecule has 10 nitrogen and oxygen atoms in total. The summed E-state index contributed by atoms with van der Waals surface area (Å²) in [6.07, 6.45) is 1.61. The number of aliphatic hydroxyl groups excluding tert-OH is 4. The van der Waals surface area contributed by atoms with Gasteiger partial charge in [-0.25, -0.2) is 19.2 Å². The zero-order chi connectivity index (χ0) is 20.8. The van der Waals surface area contributed by atoms with Crippen molar-refractivity contribution in [3.05, 3.63) is 47.5 Å². The molecule has 0 bridgehead atoms. The molecule has 2 heterocycles. The van der Waals surface area contributed by atoms with Crippen LogP contribution in [0.1, 0.15) is 27.6 Å². The Morgan fingerprint density at radius 2 is 1.19 bits per heavy atom. The van der Waals surface area contributed by atoms with Gasteiger partial charge in [0.2, 0.25) is 0 Å². The molecule has 0 radical (unpaired) electrons. The topological polar surface area (TPSA) is 168 Å². The van der Waals surface area contributed by atoms with Crippen molar-refractivity contribution in [3.8, 4) is 0 Å². The van der Waals surface area contributed by atoms with Crippen molar-refractivity contribution in [2.24, 2.45) is 0 Å². The Morgan fingerprint density at radius 3 is 1.41 bits per heavy atom. The van der Waals surface area contributed by atoms with Crippen LogP contribution in [0.15, 0.2) is 36.4 Å². The Labute approximate surface area is 154 Å². The molecule has 0 saturated carbocycles. The van der Waals surface area contributed by atoms with E-state index in [0.29, 0.717) is 11.1 Å². The van der Waals surface area contributed by atoms with E-state index in [9.17, 15) is 19.2 Å². The molecule has 4 N–H and O–H groups in total. The van der Waals surface area contributed by atoms with Gasteiger partial charge >= 0.3 is 23.9 Å². The zero-order valence-corrected chi connectivity index (χ0v) is 14.4. The predicted octanol–water partition coefficient (Wildman–Crippen LogP) is -1.05. The molecule has 27 heavy (non-hydrogen) atoms. The first-order valence-corrected chi connectivity index (χ1v) is 7.56. The highest BCUT2D eigenvalue weighted by Crippen LogP contribution is 2.18. The molecular weight excluding hydrogens is 364 g/mol. The number of esters is 4. The number of cyclic esters (lactones) is 4. The lowest BCUT2D eigenvalue weighted by atomic mass is 10.1. The van der Waals surface area contributed by atoms with E-state index in [0.717, 1.165) is 12.2 Å². The Balaban J connectivity index is 0.000000367. The third-order valence-electron chi connectivity index (χ3n) is 2.47. The molecule has 1 atom stereocenters. The molecule has 3 rings (SSSR count). The Kier molecular flexibility index (Phi) is 11.9.